The lowest BCUT2D eigenvalue weighted by Gasteiger charge is -2.21. The van der Waals surface area contributed by atoms with E-state index in [1.165, 1.54) is 0 Å². The molecule has 3 atom stereocenters. The van der Waals surface area contributed by atoms with Gasteiger partial charge in [-0.15, -0.1) is 0 Å². The van der Waals surface area contributed by atoms with E-state index in [0.29, 0.717) is 17.3 Å². The maximum absolute atomic E-state index is 9.80. The first kappa shape index (κ1) is 16.2. The van der Waals surface area contributed by atoms with Crippen molar-refractivity contribution in [2.24, 2.45) is 5.92 Å². The minimum absolute atomic E-state index is 0.128. The molecule has 0 aliphatic carbocycles. The van der Waals surface area contributed by atoms with Crippen LogP contribution >= 0.6 is 11.6 Å². The standard InChI is InChI=1S/C14H22ClNO3/c1-10(8-17)11(2)16-7-13(18)9-19-14-5-3-4-12(15)6-14/h3-6,10-11,13,16-18H,7-9H2,1-2H3. The largest absolute Gasteiger partial charge is 0.491 e. The Bertz CT molecular complexity index is 375. The van der Waals surface area contributed by atoms with Crippen LogP contribution in [0.4, 0.5) is 0 Å². The first-order valence-corrected chi connectivity index (χ1v) is 6.81. The molecule has 3 N–H and O–H groups in total. The molecule has 1 aromatic rings. The molecule has 0 aromatic heterocycles. The zero-order valence-corrected chi connectivity index (χ0v) is 12.1. The van der Waals surface area contributed by atoms with E-state index in [1.807, 2.05) is 13.8 Å². The van der Waals surface area contributed by atoms with Crippen LogP contribution in [0.5, 0.6) is 5.75 Å². The summed E-state index contributed by atoms with van der Waals surface area (Å²) in [5, 5.41) is 22.6. The van der Waals surface area contributed by atoms with Crippen molar-refractivity contribution in [2.75, 3.05) is 19.8 Å². The number of rotatable bonds is 8. The van der Waals surface area contributed by atoms with Gasteiger partial charge in [0, 0.05) is 24.2 Å². The van der Waals surface area contributed by atoms with Gasteiger partial charge >= 0.3 is 0 Å². The lowest BCUT2D eigenvalue weighted by atomic mass is 10.1. The van der Waals surface area contributed by atoms with E-state index in [4.69, 9.17) is 21.4 Å². The molecule has 0 radical (unpaired) electrons. The molecule has 19 heavy (non-hydrogen) atoms. The lowest BCUT2D eigenvalue weighted by Crippen LogP contribution is -2.40. The third kappa shape index (κ3) is 6.25. The zero-order chi connectivity index (χ0) is 14.3. The van der Waals surface area contributed by atoms with Gasteiger partial charge in [0.05, 0.1) is 0 Å². The maximum atomic E-state index is 9.80. The molecule has 108 valence electrons. The second kappa shape index (κ2) is 8.38. The van der Waals surface area contributed by atoms with Crippen molar-refractivity contribution in [1.29, 1.82) is 0 Å². The summed E-state index contributed by atoms with van der Waals surface area (Å²) in [6.45, 7) is 4.68. The lowest BCUT2D eigenvalue weighted by molar-refractivity contribution is 0.0992. The average molecular weight is 288 g/mol. The highest BCUT2D eigenvalue weighted by atomic mass is 35.5. The van der Waals surface area contributed by atoms with Gasteiger partial charge in [-0.05, 0) is 31.0 Å². The van der Waals surface area contributed by atoms with Crippen LogP contribution in [0.1, 0.15) is 13.8 Å². The van der Waals surface area contributed by atoms with Gasteiger partial charge in [0.2, 0.25) is 0 Å². The summed E-state index contributed by atoms with van der Waals surface area (Å²) in [6.07, 6.45) is -0.604. The Labute approximate surface area is 119 Å². The molecule has 0 aliphatic rings. The summed E-state index contributed by atoms with van der Waals surface area (Å²) >= 11 is 5.84. The number of ether oxygens (including phenoxy) is 1. The van der Waals surface area contributed by atoms with Crippen LogP contribution in [0.3, 0.4) is 0 Å². The predicted molar refractivity (Wildman–Crippen MR) is 76.7 cm³/mol. The van der Waals surface area contributed by atoms with Crippen LogP contribution in [0, 0.1) is 5.92 Å². The van der Waals surface area contributed by atoms with Gasteiger partial charge in [-0.25, -0.2) is 0 Å². The Morgan fingerprint density at radius 2 is 2.11 bits per heavy atom. The van der Waals surface area contributed by atoms with E-state index in [0.717, 1.165) is 0 Å². The van der Waals surface area contributed by atoms with E-state index in [-0.39, 0.29) is 25.2 Å². The minimum Gasteiger partial charge on any atom is -0.491 e. The van der Waals surface area contributed by atoms with Gasteiger partial charge in [0.25, 0.3) is 0 Å². The van der Waals surface area contributed by atoms with Crippen molar-refractivity contribution in [1.82, 2.24) is 5.32 Å². The number of aliphatic hydroxyl groups is 2. The summed E-state index contributed by atoms with van der Waals surface area (Å²) in [7, 11) is 0. The molecule has 0 saturated carbocycles. The molecule has 1 aromatic carbocycles. The van der Waals surface area contributed by atoms with E-state index in [1.54, 1.807) is 24.3 Å². The fraction of sp³-hybridized carbons (Fsp3) is 0.571. The highest BCUT2D eigenvalue weighted by Crippen LogP contribution is 2.17. The van der Waals surface area contributed by atoms with Crippen molar-refractivity contribution >= 4 is 11.6 Å². The quantitative estimate of drug-likeness (QED) is 0.681. The van der Waals surface area contributed by atoms with E-state index in [9.17, 15) is 5.11 Å². The second-order valence-corrected chi connectivity index (χ2v) is 5.22. The highest BCUT2D eigenvalue weighted by molar-refractivity contribution is 6.30. The number of hydrogen-bond donors (Lipinski definition) is 3. The molecule has 0 amide bonds. The molecule has 0 aliphatic heterocycles. The van der Waals surface area contributed by atoms with E-state index >= 15 is 0 Å². The topological polar surface area (TPSA) is 61.7 Å². The Morgan fingerprint density at radius 1 is 1.37 bits per heavy atom. The SMILES string of the molecule is CC(CO)C(C)NCC(O)COc1cccc(Cl)c1. The molecule has 3 unspecified atom stereocenters. The Balaban J connectivity index is 2.26. The number of nitrogens with one attached hydrogen (secondary N) is 1. The molecule has 0 saturated heterocycles. The van der Waals surface area contributed by atoms with E-state index < -0.39 is 6.10 Å². The molecule has 1 rings (SSSR count). The monoisotopic (exact) mass is 287 g/mol. The van der Waals surface area contributed by atoms with Gasteiger partial charge in [-0.1, -0.05) is 24.6 Å². The van der Waals surface area contributed by atoms with Crippen LogP contribution in [-0.2, 0) is 0 Å². The number of halogens is 1. The summed E-state index contributed by atoms with van der Waals surface area (Å²) in [5.74, 6) is 0.796. The van der Waals surface area contributed by atoms with Crippen molar-refractivity contribution in [3.05, 3.63) is 29.3 Å². The van der Waals surface area contributed by atoms with Gasteiger partial charge in [0.15, 0.2) is 0 Å². The summed E-state index contributed by atoms with van der Waals surface area (Å²) in [4.78, 5) is 0. The fourth-order valence-corrected chi connectivity index (χ4v) is 1.67. The van der Waals surface area contributed by atoms with Crippen molar-refractivity contribution in [2.45, 2.75) is 26.0 Å². The first-order chi connectivity index (χ1) is 9.02. The predicted octanol–water partition coefficient (Wildman–Crippen LogP) is 1.69. The van der Waals surface area contributed by atoms with Crippen LogP contribution < -0.4 is 10.1 Å². The van der Waals surface area contributed by atoms with Crippen LogP contribution in [0.25, 0.3) is 0 Å². The summed E-state index contributed by atoms with van der Waals surface area (Å²) in [6, 6.07) is 7.21. The smallest absolute Gasteiger partial charge is 0.120 e. The average Bonchev–Trinajstić information content (AvgIpc) is 2.41. The minimum atomic E-state index is -0.604. The van der Waals surface area contributed by atoms with Gasteiger partial charge in [-0.3, -0.25) is 0 Å². The number of hydrogen-bond acceptors (Lipinski definition) is 4. The fourth-order valence-electron chi connectivity index (χ4n) is 1.49. The van der Waals surface area contributed by atoms with Gasteiger partial charge in [0.1, 0.15) is 18.5 Å². The Kier molecular flexibility index (Phi) is 7.16. The Morgan fingerprint density at radius 3 is 2.74 bits per heavy atom. The van der Waals surface area contributed by atoms with Crippen LogP contribution in [0.15, 0.2) is 24.3 Å². The molecule has 0 spiro atoms. The van der Waals surface area contributed by atoms with E-state index in [2.05, 4.69) is 5.32 Å². The Hall–Kier alpha value is -0.810. The van der Waals surface area contributed by atoms with Gasteiger partial charge < -0.3 is 20.3 Å². The zero-order valence-electron chi connectivity index (χ0n) is 11.3. The third-order valence-corrected chi connectivity index (χ3v) is 3.29. The van der Waals surface area contributed by atoms with Gasteiger partial charge in [-0.2, -0.15) is 0 Å². The number of benzene rings is 1. The van der Waals surface area contributed by atoms with Crippen LogP contribution in [-0.4, -0.2) is 42.1 Å². The molecular weight excluding hydrogens is 266 g/mol. The molecule has 0 bridgehead atoms. The summed E-state index contributed by atoms with van der Waals surface area (Å²) in [5.41, 5.74) is 0. The molecule has 4 nitrogen and oxygen atoms in total. The molecule has 5 heteroatoms. The van der Waals surface area contributed by atoms with Crippen molar-refractivity contribution in [3.63, 3.8) is 0 Å². The van der Waals surface area contributed by atoms with Crippen LogP contribution in [0.2, 0.25) is 5.02 Å². The maximum Gasteiger partial charge on any atom is 0.120 e. The normalized spacial score (nSPS) is 15.8. The first-order valence-electron chi connectivity index (χ1n) is 6.43. The summed E-state index contributed by atoms with van der Waals surface area (Å²) < 4.78 is 5.44. The molecular formula is C14H22ClNO3. The highest BCUT2D eigenvalue weighted by Gasteiger charge is 2.12. The second-order valence-electron chi connectivity index (χ2n) is 4.78. The van der Waals surface area contributed by atoms with Crippen molar-refractivity contribution < 1.29 is 14.9 Å². The van der Waals surface area contributed by atoms with Crippen molar-refractivity contribution in [3.8, 4) is 5.75 Å². The number of aliphatic hydroxyl groups excluding tert-OH is 2. The molecule has 0 fully saturated rings. The molecule has 0 heterocycles. The third-order valence-electron chi connectivity index (χ3n) is 3.06.